The van der Waals surface area contributed by atoms with Gasteiger partial charge >= 0.3 is 12.1 Å². The Morgan fingerprint density at radius 1 is 1.19 bits per heavy atom. The third kappa shape index (κ3) is 7.86. The van der Waals surface area contributed by atoms with E-state index in [-0.39, 0.29) is 31.2 Å². The summed E-state index contributed by atoms with van der Waals surface area (Å²) in [5.74, 6) is -1.30. The Hall–Kier alpha value is -2.09. The highest BCUT2D eigenvalue weighted by molar-refractivity contribution is 5.81. The van der Waals surface area contributed by atoms with Crippen molar-refractivity contribution in [2.75, 3.05) is 6.54 Å². The third-order valence-electron chi connectivity index (χ3n) is 3.91. The van der Waals surface area contributed by atoms with Crippen molar-refractivity contribution in [1.29, 1.82) is 0 Å². The van der Waals surface area contributed by atoms with Gasteiger partial charge in [0.05, 0.1) is 11.6 Å². The molecule has 1 aromatic carbocycles. The van der Waals surface area contributed by atoms with Gasteiger partial charge in [0, 0.05) is 13.0 Å². The molecule has 0 saturated heterocycles. The van der Waals surface area contributed by atoms with E-state index in [1.165, 1.54) is 12.1 Å². The van der Waals surface area contributed by atoms with Crippen molar-refractivity contribution in [1.82, 2.24) is 5.32 Å². The molecule has 1 aromatic rings. The highest BCUT2D eigenvalue weighted by atomic mass is 19.4. The number of amides is 1. The molecule has 0 heterocycles. The van der Waals surface area contributed by atoms with E-state index >= 15 is 0 Å². The van der Waals surface area contributed by atoms with E-state index in [4.69, 9.17) is 10.8 Å². The van der Waals surface area contributed by atoms with E-state index in [0.29, 0.717) is 12.0 Å². The molecule has 0 unspecified atom stereocenters. The second-order valence-corrected chi connectivity index (χ2v) is 6.84. The minimum Gasteiger partial charge on any atom is -0.481 e. The predicted molar refractivity (Wildman–Crippen MR) is 91.3 cm³/mol. The molecule has 0 aromatic heterocycles. The van der Waals surface area contributed by atoms with Crippen molar-refractivity contribution >= 4 is 11.9 Å². The van der Waals surface area contributed by atoms with Crippen molar-refractivity contribution in [3.8, 4) is 0 Å². The molecule has 0 aliphatic rings. The molecule has 26 heavy (non-hydrogen) atoms. The molecule has 8 heteroatoms. The SMILES string of the molecule is CC(C)C[C@H](CNC(=O)[C@H](N)Cc1ccc(C(F)(F)F)cc1)CC(=O)O. The number of carbonyl (C=O) groups excluding carboxylic acids is 1. The minimum atomic E-state index is -4.41. The zero-order valence-corrected chi connectivity index (χ0v) is 14.8. The lowest BCUT2D eigenvalue weighted by Gasteiger charge is -2.19. The van der Waals surface area contributed by atoms with Crippen LogP contribution < -0.4 is 11.1 Å². The number of carboxylic acids is 1. The van der Waals surface area contributed by atoms with Gasteiger partial charge in [0.2, 0.25) is 5.91 Å². The van der Waals surface area contributed by atoms with Gasteiger partial charge in [-0.2, -0.15) is 13.2 Å². The number of rotatable bonds is 9. The molecule has 1 amide bonds. The molecule has 1 rings (SSSR count). The number of nitrogens with two attached hydrogens (primary N) is 1. The van der Waals surface area contributed by atoms with Gasteiger partial charge in [-0.3, -0.25) is 9.59 Å². The summed E-state index contributed by atoms with van der Waals surface area (Å²) < 4.78 is 37.6. The first-order valence-electron chi connectivity index (χ1n) is 8.40. The summed E-state index contributed by atoms with van der Waals surface area (Å²) in [6, 6.07) is 3.57. The third-order valence-corrected chi connectivity index (χ3v) is 3.91. The van der Waals surface area contributed by atoms with E-state index in [1.54, 1.807) is 0 Å². The molecule has 2 atom stereocenters. The van der Waals surface area contributed by atoms with Gasteiger partial charge in [-0.15, -0.1) is 0 Å². The van der Waals surface area contributed by atoms with Crippen molar-refractivity contribution in [2.45, 2.75) is 45.3 Å². The van der Waals surface area contributed by atoms with Crippen LogP contribution >= 0.6 is 0 Å². The normalized spacial score (nSPS) is 14.1. The lowest BCUT2D eigenvalue weighted by molar-refractivity contribution is -0.139. The first-order valence-corrected chi connectivity index (χ1v) is 8.40. The van der Waals surface area contributed by atoms with Gasteiger partial charge in [-0.25, -0.2) is 0 Å². The number of carbonyl (C=O) groups is 2. The Morgan fingerprint density at radius 3 is 2.23 bits per heavy atom. The van der Waals surface area contributed by atoms with Crippen molar-refractivity contribution in [3.05, 3.63) is 35.4 Å². The van der Waals surface area contributed by atoms with E-state index in [0.717, 1.165) is 12.1 Å². The number of hydrogen-bond acceptors (Lipinski definition) is 3. The van der Waals surface area contributed by atoms with Crippen LogP contribution in [0.2, 0.25) is 0 Å². The fourth-order valence-electron chi connectivity index (χ4n) is 2.70. The molecule has 0 spiro atoms. The fraction of sp³-hybridized carbons (Fsp3) is 0.556. The van der Waals surface area contributed by atoms with E-state index in [1.807, 2.05) is 13.8 Å². The zero-order chi connectivity index (χ0) is 19.9. The fourth-order valence-corrected chi connectivity index (χ4v) is 2.70. The van der Waals surface area contributed by atoms with Crippen molar-refractivity contribution in [2.24, 2.45) is 17.6 Å². The van der Waals surface area contributed by atoms with Gasteiger partial charge in [-0.05, 0) is 42.4 Å². The monoisotopic (exact) mass is 374 g/mol. The Bertz CT molecular complexity index is 601. The summed E-state index contributed by atoms with van der Waals surface area (Å²) in [5, 5.41) is 11.6. The minimum absolute atomic E-state index is 0.0490. The summed E-state index contributed by atoms with van der Waals surface area (Å²) in [4.78, 5) is 23.0. The number of aliphatic carboxylic acids is 1. The smallest absolute Gasteiger partial charge is 0.416 e. The molecule has 0 radical (unpaired) electrons. The molecule has 0 fully saturated rings. The van der Waals surface area contributed by atoms with Gasteiger partial charge in [-0.1, -0.05) is 26.0 Å². The maximum Gasteiger partial charge on any atom is 0.416 e. The Balaban J connectivity index is 2.57. The van der Waals surface area contributed by atoms with Crippen LogP contribution in [0.5, 0.6) is 0 Å². The zero-order valence-electron chi connectivity index (χ0n) is 14.8. The summed E-state index contributed by atoms with van der Waals surface area (Å²) in [5.41, 5.74) is 5.57. The molecule has 0 aliphatic carbocycles. The van der Waals surface area contributed by atoms with Crippen LogP contribution in [0.4, 0.5) is 13.2 Å². The Labute approximate surface area is 150 Å². The van der Waals surface area contributed by atoms with Gasteiger partial charge in [0.1, 0.15) is 0 Å². The Kier molecular flexibility index (Phi) is 8.08. The maximum atomic E-state index is 12.5. The topological polar surface area (TPSA) is 92.4 Å². The molecule has 5 nitrogen and oxygen atoms in total. The lowest BCUT2D eigenvalue weighted by Crippen LogP contribution is -2.44. The molecule has 0 bridgehead atoms. The second-order valence-electron chi connectivity index (χ2n) is 6.84. The van der Waals surface area contributed by atoms with E-state index < -0.39 is 29.7 Å². The van der Waals surface area contributed by atoms with E-state index in [2.05, 4.69) is 5.32 Å². The number of halogens is 3. The number of carboxylic acid groups (broad SMARTS) is 1. The van der Waals surface area contributed by atoms with Crippen LogP contribution in [0, 0.1) is 11.8 Å². The predicted octanol–water partition coefficient (Wildman–Crippen LogP) is 2.83. The van der Waals surface area contributed by atoms with Crippen LogP contribution in [0.3, 0.4) is 0 Å². The van der Waals surface area contributed by atoms with Crippen LogP contribution in [-0.4, -0.2) is 29.6 Å². The van der Waals surface area contributed by atoms with Crippen LogP contribution in [0.15, 0.2) is 24.3 Å². The molecule has 4 N–H and O–H groups in total. The quantitative estimate of drug-likeness (QED) is 0.620. The Morgan fingerprint density at radius 2 is 1.77 bits per heavy atom. The van der Waals surface area contributed by atoms with Crippen LogP contribution in [0.1, 0.15) is 37.8 Å². The van der Waals surface area contributed by atoms with Gasteiger partial charge in [0.15, 0.2) is 0 Å². The molecule has 0 aliphatic heterocycles. The molecular formula is C18H25F3N2O3. The number of alkyl halides is 3. The first-order chi connectivity index (χ1) is 12.0. The summed E-state index contributed by atoms with van der Waals surface area (Å²) in [6.07, 6.45) is -3.71. The van der Waals surface area contributed by atoms with Crippen molar-refractivity contribution < 1.29 is 27.9 Å². The highest BCUT2D eigenvalue weighted by Crippen LogP contribution is 2.29. The van der Waals surface area contributed by atoms with Gasteiger partial charge in [0.25, 0.3) is 0 Å². The van der Waals surface area contributed by atoms with Crippen LogP contribution in [-0.2, 0) is 22.2 Å². The molecule has 0 saturated carbocycles. The number of benzene rings is 1. The second kappa shape index (κ2) is 9.56. The largest absolute Gasteiger partial charge is 0.481 e. The summed E-state index contributed by atoms with van der Waals surface area (Å²) in [6.45, 7) is 4.13. The highest BCUT2D eigenvalue weighted by Gasteiger charge is 2.30. The van der Waals surface area contributed by atoms with Gasteiger partial charge < -0.3 is 16.2 Å². The van der Waals surface area contributed by atoms with Crippen molar-refractivity contribution in [3.63, 3.8) is 0 Å². The summed E-state index contributed by atoms with van der Waals surface area (Å²) >= 11 is 0. The maximum absolute atomic E-state index is 12.5. The average molecular weight is 374 g/mol. The standard InChI is InChI=1S/C18H25F3N2O3/c1-11(2)7-13(9-16(24)25)10-23-17(26)15(22)8-12-3-5-14(6-4-12)18(19,20)21/h3-6,11,13,15H,7-10,22H2,1-2H3,(H,23,26)(H,24,25)/t13-,15+/m0/s1. The number of hydrogen-bond donors (Lipinski definition) is 3. The lowest BCUT2D eigenvalue weighted by atomic mass is 9.94. The molecule has 146 valence electrons. The average Bonchev–Trinajstić information content (AvgIpc) is 2.50. The van der Waals surface area contributed by atoms with Crippen LogP contribution in [0.25, 0.3) is 0 Å². The van der Waals surface area contributed by atoms with E-state index in [9.17, 15) is 22.8 Å². The molecular weight excluding hydrogens is 349 g/mol. The number of nitrogens with one attached hydrogen (secondary N) is 1. The first kappa shape index (κ1) is 22.0. The summed E-state index contributed by atoms with van der Waals surface area (Å²) in [7, 11) is 0.